The molecule has 0 saturated carbocycles. The number of carbonyl (C=O) groups is 2. The average molecular weight is 267 g/mol. The number of rotatable bonds is 5. The maximum Gasteiger partial charge on any atom is 0.326 e. The van der Waals surface area contributed by atoms with Crippen molar-refractivity contribution in [2.45, 2.75) is 70.9 Å². The quantitative estimate of drug-likeness (QED) is 0.833. The standard InChI is InChI=1S/C15H25NO3/c1-10(2)4-3-5-11-6-7-12-8-9-13(15(18)19)16(12)14(11)17/h10-13H,3-9H2,1-2H3,(H,18,19)/t11?,12-,13?/m0/s1. The Morgan fingerprint density at radius 3 is 2.63 bits per heavy atom. The normalized spacial score (nSPS) is 30.8. The molecule has 2 aliphatic heterocycles. The lowest BCUT2D eigenvalue weighted by Gasteiger charge is -2.37. The van der Waals surface area contributed by atoms with Gasteiger partial charge in [-0.1, -0.05) is 26.7 Å². The predicted octanol–water partition coefficient (Wildman–Crippen LogP) is 2.67. The molecular weight excluding hydrogens is 242 g/mol. The smallest absolute Gasteiger partial charge is 0.326 e. The molecule has 0 aromatic rings. The minimum atomic E-state index is -0.835. The maximum atomic E-state index is 12.5. The fourth-order valence-corrected chi connectivity index (χ4v) is 3.51. The van der Waals surface area contributed by atoms with Gasteiger partial charge in [0.2, 0.25) is 5.91 Å². The Morgan fingerprint density at radius 2 is 2.00 bits per heavy atom. The molecule has 2 heterocycles. The molecule has 0 bridgehead atoms. The Kier molecular flexibility index (Phi) is 4.48. The number of amides is 1. The number of carbonyl (C=O) groups excluding carboxylic acids is 1. The zero-order chi connectivity index (χ0) is 14.0. The van der Waals surface area contributed by atoms with E-state index in [4.69, 9.17) is 0 Å². The number of aliphatic carboxylic acids is 1. The van der Waals surface area contributed by atoms with Crippen molar-refractivity contribution in [2.24, 2.45) is 11.8 Å². The number of hydrogen-bond donors (Lipinski definition) is 1. The Bertz CT molecular complexity index is 353. The van der Waals surface area contributed by atoms with Gasteiger partial charge in [0.05, 0.1) is 0 Å². The molecular formula is C15H25NO3. The summed E-state index contributed by atoms with van der Waals surface area (Å²) in [5.41, 5.74) is 0. The Morgan fingerprint density at radius 1 is 1.32 bits per heavy atom. The van der Waals surface area contributed by atoms with Crippen LogP contribution >= 0.6 is 0 Å². The maximum absolute atomic E-state index is 12.5. The van der Waals surface area contributed by atoms with Crippen LogP contribution in [0.3, 0.4) is 0 Å². The molecule has 19 heavy (non-hydrogen) atoms. The van der Waals surface area contributed by atoms with E-state index in [1.807, 2.05) is 0 Å². The molecule has 4 heteroatoms. The fourth-order valence-electron chi connectivity index (χ4n) is 3.51. The van der Waals surface area contributed by atoms with Gasteiger partial charge in [-0.2, -0.15) is 0 Å². The van der Waals surface area contributed by atoms with Crippen molar-refractivity contribution in [3.63, 3.8) is 0 Å². The van der Waals surface area contributed by atoms with Gasteiger partial charge in [-0.3, -0.25) is 4.79 Å². The summed E-state index contributed by atoms with van der Waals surface area (Å²) in [6.07, 6.45) is 6.57. The molecule has 2 rings (SSSR count). The average Bonchev–Trinajstić information content (AvgIpc) is 2.76. The molecule has 0 aromatic heterocycles. The first kappa shape index (κ1) is 14.4. The summed E-state index contributed by atoms with van der Waals surface area (Å²) >= 11 is 0. The van der Waals surface area contributed by atoms with Crippen LogP contribution in [0.25, 0.3) is 0 Å². The highest BCUT2D eigenvalue weighted by atomic mass is 16.4. The third kappa shape index (κ3) is 3.10. The zero-order valence-electron chi connectivity index (χ0n) is 12.0. The van der Waals surface area contributed by atoms with E-state index in [1.54, 1.807) is 4.90 Å². The second kappa shape index (κ2) is 5.93. The lowest BCUT2D eigenvalue weighted by atomic mass is 9.87. The summed E-state index contributed by atoms with van der Waals surface area (Å²) in [7, 11) is 0. The van der Waals surface area contributed by atoms with Crippen molar-refractivity contribution in [3.05, 3.63) is 0 Å². The third-order valence-electron chi connectivity index (χ3n) is 4.57. The van der Waals surface area contributed by atoms with Gasteiger partial charge in [-0.15, -0.1) is 0 Å². The zero-order valence-corrected chi connectivity index (χ0v) is 12.0. The molecule has 1 N–H and O–H groups in total. The molecule has 3 atom stereocenters. The lowest BCUT2D eigenvalue weighted by molar-refractivity contribution is -0.154. The Labute approximate surface area is 115 Å². The van der Waals surface area contributed by atoms with Crippen molar-refractivity contribution in [3.8, 4) is 0 Å². The van der Waals surface area contributed by atoms with Crippen LogP contribution in [0.4, 0.5) is 0 Å². The molecule has 4 nitrogen and oxygen atoms in total. The highest BCUT2D eigenvalue weighted by Crippen LogP contribution is 2.36. The summed E-state index contributed by atoms with van der Waals surface area (Å²) < 4.78 is 0. The SMILES string of the molecule is CC(C)CCCC1CC[C@H]2CCC(C(=O)O)N2C1=O. The van der Waals surface area contributed by atoms with Crippen LogP contribution in [-0.4, -0.2) is 34.0 Å². The van der Waals surface area contributed by atoms with E-state index in [0.717, 1.165) is 38.5 Å². The third-order valence-corrected chi connectivity index (χ3v) is 4.57. The van der Waals surface area contributed by atoms with Gasteiger partial charge in [-0.05, 0) is 38.0 Å². The minimum Gasteiger partial charge on any atom is -0.480 e. The first-order chi connectivity index (χ1) is 9.00. The second-order valence-corrected chi connectivity index (χ2v) is 6.43. The summed E-state index contributed by atoms with van der Waals surface area (Å²) in [5, 5.41) is 9.21. The first-order valence-electron chi connectivity index (χ1n) is 7.55. The summed E-state index contributed by atoms with van der Waals surface area (Å²) in [4.78, 5) is 25.4. The van der Waals surface area contributed by atoms with Gasteiger partial charge in [0.25, 0.3) is 0 Å². The van der Waals surface area contributed by atoms with Crippen molar-refractivity contribution >= 4 is 11.9 Å². The number of piperidine rings is 1. The molecule has 0 spiro atoms. The molecule has 2 fully saturated rings. The van der Waals surface area contributed by atoms with Crippen LogP contribution in [0, 0.1) is 11.8 Å². The van der Waals surface area contributed by atoms with Gasteiger partial charge >= 0.3 is 5.97 Å². The van der Waals surface area contributed by atoms with Crippen molar-refractivity contribution < 1.29 is 14.7 Å². The summed E-state index contributed by atoms with van der Waals surface area (Å²) in [5.74, 6) is 0.00327. The van der Waals surface area contributed by atoms with Gasteiger partial charge in [0.15, 0.2) is 0 Å². The summed E-state index contributed by atoms with van der Waals surface area (Å²) in [6.45, 7) is 4.39. The lowest BCUT2D eigenvalue weighted by Crippen LogP contribution is -2.50. The van der Waals surface area contributed by atoms with Crippen molar-refractivity contribution in [1.82, 2.24) is 4.90 Å². The van der Waals surface area contributed by atoms with Gasteiger partial charge in [0.1, 0.15) is 6.04 Å². The van der Waals surface area contributed by atoms with Gasteiger partial charge in [0, 0.05) is 12.0 Å². The molecule has 2 saturated heterocycles. The van der Waals surface area contributed by atoms with Crippen LogP contribution in [0.2, 0.25) is 0 Å². The minimum absolute atomic E-state index is 0.0648. The summed E-state index contributed by atoms with van der Waals surface area (Å²) in [6, 6.07) is -0.375. The number of fused-ring (bicyclic) bond motifs is 1. The van der Waals surface area contributed by atoms with Crippen LogP contribution in [0.5, 0.6) is 0 Å². The van der Waals surface area contributed by atoms with E-state index < -0.39 is 12.0 Å². The second-order valence-electron chi connectivity index (χ2n) is 6.43. The molecule has 0 radical (unpaired) electrons. The van der Waals surface area contributed by atoms with E-state index in [9.17, 15) is 14.7 Å². The number of carboxylic acid groups (broad SMARTS) is 1. The van der Waals surface area contributed by atoms with Crippen LogP contribution in [-0.2, 0) is 9.59 Å². The highest BCUT2D eigenvalue weighted by molar-refractivity contribution is 5.86. The Balaban J connectivity index is 1.95. The molecule has 0 aromatic carbocycles. The van der Waals surface area contributed by atoms with E-state index in [-0.39, 0.29) is 17.9 Å². The van der Waals surface area contributed by atoms with Crippen LogP contribution in [0.15, 0.2) is 0 Å². The predicted molar refractivity (Wildman–Crippen MR) is 72.7 cm³/mol. The molecule has 0 aliphatic carbocycles. The number of nitrogens with zero attached hydrogens (tertiary/aromatic N) is 1. The van der Waals surface area contributed by atoms with Crippen LogP contribution in [0.1, 0.15) is 58.8 Å². The highest BCUT2D eigenvalue weighted by Gasteiger charge is 2.45. The first-order valence-corrected chi connectivity index (χ1v) is 7.55. The molecule has 108 valence electrons. The Hall–Kier alpha value is -1.06. The van der Waals surface area contributed by atoms with E-state index in [2.05, 4.69) is 13.8 Å². The monoisotopic (exact) mass is 267 g/mol. The largest absolute Gasteiger partial charge is 0.480 e. The molecule has 1 amide bonds. The number of hydrogen-bond acceptors (Lipinski definition) is 2. The fraction of sp³-hybridized carbons (Fsp3) is 0.867. The van der Waals surface area contributed by atoms with Crippen LogP contribution < -0.4 is 0 Å². The topological polar surface area (TPSA) is 57.6 Å². The van der Waals surface area contributed by atoms with Crippen molar-refractivity contribution in [1.29, 1.82) is 0 Å². The van der Waals surface area contributed by atoms with Gasteiger partial charge < -0.3 is 10.0 Å². The van der Waals surface area contributed by atoms with Crippen molar-refractivity contribution in [2.75, 3.05) is 0 Å². The van der Waals surface area contributed by atoms with E-state index in [1.165, 1.54) is 0 Å². The van der Waals surface area contributed by atoms with Gasteiger partial charge in [-0.25, -0.2) is 4.79 Å². The number of carboxylic acids is 1. The van der Waals surface area contributed by atoms with E-state index in [0.29, 0.717) is 12.3 Å². The van der Waals surface area contributed by atoms with E-state index >= 15 is 0 Å². The molecule has 2 aliphatic rings. The molecule has 2 unspecified atom stereocenters.